The Bertz CT molecular complexity index is 299. The number of hydrogen-bond acceptors (Lipinski definition) is 2. The van der Waals surface area contributed by atoms with Crippen LogP contribution in [0.3, 0.4) is 0 Å². The van der Waals surface area contributed by atoms with Crippen LogP contribution in [0.15, 0.2) is 36.4 Å². The molecule has 0 fully saturated rings. The van der Waals surface area contributed by atoms with Crippen LogP contribution in [-0.4, -0.2) is 12.9 Å². The van der Waals surface area contributed by atoms with Crippen LogP contribution in [0.4, 0.5) is 0 Å². The minimum atomic E-state index is 0.671. The van der Waals surface area contributed by atoms with Crippen molar-refractivity contribution in [2.24, 2.45) is 0 Å². The molecule has 0 unspecified atom stereocenters. The van der Waals surface area contributed by atoms with E-state index in [1.54, 1.807) is 24.3 Å². The van der Waals surface area contributed by atoms with Crippen LogP contribution in [0.5, 0.6) is 5.75 Å². The maximum Gasteiger partial charge on any atom is 0.150 e. The third-order valence-corrected chi connectivity index (χ3v) is 1.81. The Morgan fingerprint density at radius 1 is 1.29 bits per heavy atom. The van der Waals surface area contributed by atoms with E-state index in [0.29, 0.717) is 12.2 Å². The molecule has 2 nitrogen and oxygen atoms in total. The molecule has 0 aliphatic carbocycles. The highest BCUT2D eigenvalue weighted by atomic mass is 16.5. The lowest BCUT2D eigenvalue weighted by Gasteiger charge is -2.03. The number of hydrogen-bond donors (Lipinski definition) is 0. The first-order chi connectivity index (χ1) is 6.86. The fraction of sp³-hybridized carbons (Fsp3) is 0.250. The highest BCUT2D eigenvalue weighted by Gasteiger charge is 1.92. The molecule has 0 atom stereocenters. The van der Waals surface area contributed by atoms with Gasteiger partial charge in [0, 0.05) is 5.56 Å². The Labute approximate surface area is 84.2 Å². The van der Waals surface area contributed by atoms with Crippen LogP contribution in [0.1, 0.15) is 23.7 Å². The van der Waals surface area contributed by atoms with E-state index < -0.39 is 0 Å². The number of aldehydes is 1. The first kappa shape index (κ1) is 10.5. The van der Waals surface area contributed by atoms with Crippen LogP contribution in [0.25, 0.3) is 0 Å². The average Bonchev–Trinajstić information content (AvgIpc) is 2.25. The average molecular weight is 190 g/mol. The van der Waals surface area contributed by atoms with Gasteiger partial charge in [-0.3, -0.25) is 4.79 Å². The quantitative estimate of drug-likeness (QED) is 0.405. The van der Waals surface area contributed by atoms with Gasteiger partial charge in [-0.05, 0) is 37.6 Å². The molecule has 0 aromatic heterocycles. The largest absolute Gasteiger partial charge is 0.493 e. The molecule has 0 aliphatic rings. The Balaban J connectivity index is 2.39. The van der Waals surface area contributed by atoms with Gasteiger partial charge >= 0.3 is 0 Å². The minimum Gasteiger partial charge on any atom is -0.493 e. The molecule has 0 heterocycles. The van der Waals surface area contributed by atoms with Crippen molar-refractivity contribution in [3.8, 4) is 5.75 Å². The standard InChI is InChI=1S/C12H14O2/c1-2-3-4-9-14-12-7-5-11(10-13)6-8-12/h2-3,5-8,10H,4,9H2,1H3. The highest BCUT2D eigenvalue weighted by Crippen LogP contribution is 2.11. The van der Waals surface area contributed by atoms with E-state index in [1.807, 2.05) is 13.0 Å². The molecule has 0 saturated heterocycles. The van der Waals surface area contributed by atoms with Crippen molar-refractivity contribution in [3.05, 3.63) is 42.0 Å². The van der Waals surface area contributed by atoms with Crippen molar-refractivity contribution in [1.82, 2.24) is 0 Å². The highest BCUT2D eigenvalue weighted by molar-refractivity contribution is 5.74. The lowest BCUT2D eigenvalue weighted by molar-refractivity contribution is 0.112. The Morgan fingerprint density at radius 2 is 2.00 bits per heavy atom. The van der Waals surface area contributed by atoms with E-state index in [2.05, 4.69) is 6.08 Å². The lowest BCUT2D eigenvalue weighted by Crippen LogP contribution is -1.95. The summed E-state index contributed by atoms with van der Waals surface area (Å²) in [7, 11) is 0. The number of carbonyl (C=O) groups excluding carboxylic acids is 1. The molecular weight excluding hydrogens is 176 g/mol. The third kappa shape index (κ3) is 3.44. The molecule has 74 valence electrons. The molecule has 1 aromatic rings. The molecule has 0 bridgehead atoms. The number of rotatable bonds is 5. The molecule has 0 radical (unpaired) electrons. The summed E-state index contributed by atoms with van der Waals surface area (Å²) in [6.07, 6.45) is 5.79. The zero-order valence-corrected chi connectivity index (χ0v) is 8.27. The number of benzene rings is 1. The molecule has 0 aliphatic heterocycles. The summed E-state index contributed by atoms with van der Waals surface area (Å²) in [5.74, 6) is 0.806. The second-order valence-corrected chi connectivity index (χ2v) is 2.89. The van der Waals surface area contributed by atoms with Gasteiger partial charge in [0.15, 0.2) is 0 Å². The van der Waals surface area contributed by atoms with Gasteiger partial charge in [-0.2, -0.15) is 0 Å². The molecule has 14 heavy (non-hydrogen) atoms. The van der Waals surface area contributed by atoms with Gasteiger partial charge in [0.1, 0.15) is 12.0 Å². The van der Waals surface area contributed by atoms with E-state index in [4.69, 9.17) is 4.74 Å². The van der Waals surface area contributed by atoms with Gasteiger partial charge in [0.25, 0.3) is 0 Å². The molecule has 1 aromatic carbocycles. The number of carbonyl (C=O) groups is 1. The minimum absolute atomic E-state index is 0.671. The first-order valence-corrected chi connectivity index (χ1v) is 4.66. The van der Waals surface area contributed by atoms with Gasteiger partial charge < -0.3 is 4.74 Å². The van der Waals surface area contributed by atoms with Gasteiger partial charge in [-0.15, -0.1) is 0 Å². The summed E-state index contributed by atoms with van der Waals surface area (Å²) < 4.78 is 5.44. The predicted molar refractivity (Wildman–Crippen MR) is 56.8 cm³/mol. The molecule has 0 spiro atoms. The zero-order valence-electron chi connectivity index (χ0n) is 8.27. The maximum atomic E-state index is 10.4. The van der Waals surface area contributed by atoms with Crippen molar-refractivity contribution in [2.45, 2.75) is 13.3 Å². The molecular formula is C12H14O2. The topological polar surface area (TPSA) is 26.3 Å². The second kappa shape index (κ2) is 5.97. The van der Waals surface area contributed by atoms with Gasteiger partial charge in [0.2, 0.25) is 0 Å². The summed E-state index contributed by atoms with van der Waals surface area (Å²) in [5, 5.41) is 0. The fourth-order valence-electron chi connectivity index (χ4n) is 1.05. The van der Waals surface area contributed by atoms with Crippen molar-refractivity contribution >= 4 is 6.29 Å². The maximum absolute atomic E-state index is 10.4. The predicted octanol–water partition coefficient (Wildman–Crippen LogP) is 2.84. The van der Waals surface area contributed by atoms with Crippen LogP contribution in [-0.2, 0) is 0 Å². The summed E-state index contributed by atoms with van der Waals surface area (Å²) >= 11 is 0. The van der Waals surface area contributed by atoms with Gasteiger partial charge in [-0.25, -0.2) is 0 Å². The SMILES string of the molecule is CC=CCCOc1ccc(C=O)cc1. The van der Waals surface area contributed by atoms with E-state index in [1.165, 1.54) is 0 Å². The Morgan fingerprint density at radius 3 is 2.57 bits per heavy atom. The molecule has 0 N–H and O–H groups in total. The monoisotopic (exact) mass is 190 g/mol. The fourth-order valence-corrected chi connectivity index (χ4v) is 1.05. The van der Waals surface area contributed by atoms with Gasteiger partial charge in [0.05, 0.1) is 6.61 Å². The summed E-state index contributed by atoms with van der Waals surface area (Å²) in [6, 6.07) is 7.11. The normalized spacial score (nSPS) is 10.4. The second-order valence-electron chi connectivity index (χ2n) is 2.89. The first-order valence-electron chi connectivity index (χ1n) is 4.66. The molecule has 0 saturated carbocycles. The van der Waals surface area contributed by atoms with E-state index in [-0.39, 0.29) is 0 Å². The third-order valence-electron chi connectivity index (χ3n) is 1.81. The van der Waals surface area contributed by atoms with E-state index >= 15 is 0 Å². The summed E-state index contributed by atoms with van der Waals surface area (Å²) in [4.78, 5) is 10.4. The molecule has 1 rings (SSSR count). The van der Waals surface area contributed by atoms with Crippen LogP contribution in [0.2, 0.25) is 0 Å². The van der Waals surface area contributed by atoms with Crippen molar-refractivity contribution in [2.75, 3.05) is 6.61 Å². The van der Waals surface area contributed by atoms with Crippen molar-refractivity contribution < 1.29 is 9.53 Å². The van der Waals surface area contributed by atoms with Crippen LogP contribution in [0, 0.1) is 0 Å². The molecule has 2 heteroatoms. The van der Waals surface area contributed by atoms with Crippen LogP contribution < -0.4 is 4.74 Å². The van der Waals surface area contributed by atoms with Gasteiger partial charge in [-0.1, -0.05) is 12.2 Å². The van der Waals surface area contributed by atoms with Crippen LogP contribution >= 0.6 is 0 Å². The van der Waals surface area contributed by atoms with Crippen molar-refractivity contribution in [1.29, 1.82) is 0 Å². The summed E-state index contributed by atoms with van der Waals surface area (Å²) in [6.45, 7) is 2.66. The summed E-state index contributed by atoms with van der Waals surface area (Å²) in [5.41, 5.74) is 0.672. The lowest BCUT2D eigenvalue weighted by atomic mass is 10.2. The zero-order chi connectivity index (χ0) is 10.2. The van der Waals surface area contributed by atoms with E-state index in [0.717, 1.165) is 18.5 Å². The number of allylic oxidation sites excluding steroid dienone is 1. The Hall–Kier alpha value is -1.57. The smallest absolute Gasteiger partial charge is 0.150 e. The molecule has 0 amide bonds. The van der Waals surface area contributed by atoms with Crippen molar-refractivity contribution in [3.63, 3.8) is 0 Å². The number of ether oxygens (including phenoxy) is 1. The Kier molecular flexibility index (Phi) is 4.48. The van der Waals surface area contributed by atoms with E-state index in [9.17, 15) is 4.79 Å².